The Hall–Kier alpha value is -3.84. The fourth-order valence-corrected chi connectivity index (χ4v) is 6.48. The van der Waals surface area contributed by atoms with Gasteiger partial charge in [-0.25, -0.2) is 12.8 Å². The van der Waals surface area contributed by atoms with Crippen molar-refractivity contribution in [3.05, 3.63) is 58.9 Å². The number of rotatable bonds is 5. The van der Waals surface area contributed by atoms with E-state index in [1.165, 1.54) is 40.5 Å². The van der Waals surface area contributed by atoms with Crippen molar-refractivity contribution in [2.75, 3.05) is 38.1 Å². The van der Waals surface area contributed by atoms with Gasteiger partial charge in [0.05, 0.1) is 10.6 Å². The van der Waals surface area contributed by atoms with Gasteiger partial charge in [-0.1, -0.05) is 0 Å². The molecule has 2 fully saturated rings. The van der Waals surface area contributed by atoms with Crippen molar-refractivity contribution >= 4 is 39.3 Å². The van der Waals surface area contributed by atoms with Gasteiger partial charge in [0.1, 0.15) is 11.9 Å². The predicted molar refractivity (Wildman–Crippen MR) is 133 cm³/mol. The molecule has 38 heavy (non-hydrogen) atoms. The average molecular weight is 544 g/mol. The van der Waals surface area contributed by atoms with Crippen molar-refractivity contribution in [3.8, 4) is 0 Å². The maximum absolute atomic E-state index is 15.1. The zero-order valence-electron chi connectivity index (χ0n) is 20.6. The summed E-state index contributed by atoms with van der Waals surface area (Å²) in [4.78, 5) is 51.5. The van der Waals surface area contributed by atoms with E-state index in [-0.39, 0.29) is 73.5 Å². The maximum atomic E-state index is 15.1. The molecule has 11 nitrogen and oxygen atoms in total. The average Bonchev–Trinajstić information content (AvgIpc) is 3.22. The summed E-state index contributed by atoms with van der Waals surface area (Å²) in [5, 5.41) is 4.72. The Kier molecular flexibility index (Phi) is 6.65. The van der Waals surface area contributed by atoms with Crippen molar-refractivity contribution in [1.29, 1.82) is 0 Å². The number of piperidine rings is 1. The first kappa shape index (κ1) is 25.8. The number of benzene rings is 2. The second kappa shape index (κ2) is 9.80. The van der Waals surface area contributed by atoms with Crippen molar-refractivity contribution in [1.82, 2.24) is 19.8 Å². The van der Waals surface area contributed by atoms with Crippen LogP contribution >= 0.6 is 0 Å². The number of piperazine rings is 1. The minimum atomic E-state index is -3.80. The van der Waals surface area contributed by atoms with E-state index in [1.54, 1.807) is 11.0 Å². The summed E-state index contributed by atoms with van der Waals surface area (Å²) in [5.41, 5.74) is 1.35. The van der Waals surface area contributed by atoms with Crippen LogP contribution in [0, 0.1) is 5.82 Å². The van der Waals surface area contributed by atoms with Crippen LogP contribution in [-0.2, 0) is 26.2 Å². The Morgan fingerprint density at radius 3 is 2.37 bits per heavy atom. The molecule has 2 N–H and O–H groups in total. The normalized spacial score (nSPS) is 20.4. The fourth-order valence-electron chi connectivity index (χ4n) is 5.06. The number of nitrogens with zero attached hydrogens (tertiary/aromatic N) is 3. The lowest BCUT2D eigenvalue weighted by Crippen LogP contribution is -2.52. The fraction of sp³-hybridized carbons (Fsp3) is 0.360. The number of halogens is 1. The first-order valence-electron chi connectivity index (χ1n) is 12.1. The number of carbonyl (C=O) groups is 4. The third-order valence-corrected chi connectivity index (χ3v) is 9.06. The molecule has 3 heterocycles. The number of imide groups is 1. The Morgan fingerprint density at radius 2 is 1.74 bits per heavy atom. The monoisotopic (exact) mass is 543 g/mol. The van der Waals surface area contributed by atoms with Crippen LogP contribution in [0.2, 0.25) is 0 Å². The maximum Gasteiger partial charge on any atom is 0.255 e. The number of nitrogens with one attached hydrogen (secondary N) is 2. The summed E-state index contributed by atoms with van der Waals surface area (Å²) in [6.07, 6.45) is 0.340. The van der Waals surface area contributed by atoms with Crippen LogP contribution in [0.5, 0.6) is 0 Å². The minimum Gasteiger partial charge on any atom is -0.367 e. The first-order chi connectivity index (χ1) is 18.1. The van der Waals surface area contributed by atoms with Gasteiger partial charge in [0, 0.05) is 57.3 Å². The van der Waals surface area contributed by atoms with Gasteiger partial charge in [-0.05, 0) is 48.4 Å². The summed E-state index contributed by atoms with van der Waals surface area (Å²) in [6.45, 7) is 0.828. The highest BCUT2D eigenvalue weighted by molar-refractivity contribution is 7.89. The molecule has 4 amide bonds. The van der Waals surface area contributed by atoms with Crippen molar-refractivity contribution < 1.29 is 32.0 Å². The molecule has 0 radical (unpaired) electrons. The van der Waals surface area contributed by atoms with E-state index in [0.717, 1.165) is 6.07 Å². The second-order valence-electron chi connectivity index (χ2n) is 9.36. The van der Waals surface area contributed by atoms with E-state index in [1.807, 2.05) is 0 Å². The second-order valence-corrected chi connectivity index (χ2v) is 11.3. The lowest BCUT2D eigenvalue weighted by molar-refractivity contribution is -0.136. The summed E-state index contributed by atoms with van der Waals surface area (Å²) >= 11 is 0. The topological polar surface area (TPSA) is 136 Å². The zero-order valence-corrected chi connectivity index (χ0v) is 21.4. The molecule has 0 bridgehead atoms. The Labute approximate surface area is 218 Å². The van der Waals surface area contributed by atoms with Crippen LogP contribution in [0.15, 0.2) is 41.3 Å². The molecule has 3 aliphatic heterocycles. The van der Waals surface area contributed by atoms with Crippen LogP contribution in [-0.4, -0.2) is 80.5 Å². The Morgan fingerprint density at radius 1 is 1.05 bits per heavy atom. The Balaban J connectivity index is 1.28. The lowest BCUT2D eigenvalue weighted by atomic mass is 10.0. The highest BCUT2D eigenvalue weighted by Crippen LogP contribution is 2.33. The molecule has 0 saturated carbocycles. The molecule has 0 aromatic heterocycles. The van der Waals surface area contributed by atoms with Crippen molar-refractivity contribution in [2.45, 2.75) is 30.3 Å². The van der Waals surface area contributed by atoms with Gasteiger partial charge in [-0.3, -0.25) is 24.5 Å². The number of hydrogen-bond acceptors (Lipinski definition) is 7. The van der Waals surface area contributed by atoms with Crippen LogP contribution in [0.25, 0.3) is 0 Å². The number of fused-ring (bicyclic) bond motifs is 1. The largest absolute Gasteiger partial charge is 0.367 e. The van der Waals surface area contributed by atoms with Gasteiger partial charge in [-0.2, -0.15) is 4.31 Å². The molecule has 2 aromatic rings. The SMILES string of the molecule is CNC(=O)c1ccc(S(=O)(=O)N2CCN(c3cc4c(cc3F)C(=O)N(C3CCC(=O)NC3=O)C4)CC2)cc1. The summed E-state index contributed by atoms with van der Waals surface area (Å²) in [6, 6.07) is 7.61. The van der Waals surface area contributed by atoms with Gasteiger partial charge in [-0.15, -0.1) is 0 Å². The molecular weight excluding hydrogens is 517 g/mol. The number of hydrogen-bond donors (Lipinski definition) is 2. The van der Waals surface area contributed by atoms with E-state index in [2.05, 4.69) is 10.6 Å². The van der Waals surface area contributed by atoms with Crippen molar-refractivity contribution in [3.63, 3.8) is 0 Å². The highest BCUT2D eigenvalue weighted by atomic mass is 32.2. The van der Waals surface area contributed by atoms with Crippen LogP contribution in [0.3, 0.4) is 0 Å². The van der Waals surface area contributed by atoms with E-state index in [0.29, 0.717) is 11.1 Å². The summed E-state index contributed by atoms with van der Waals surface area (Å²) in [5.74, 6) is -2.31. The molecule has 0 aliphatic carbocycles. The summed E-state index contributed by atoms with van der Waals surface area (Å²) < 4.78 is 42.7. The predicted octanol–water partition coefficient (Wildman–Crippen LogP) is 0.457. The first-order valence-corrected chi connectivity index (χ1v) is 13.6. The molecule has 1 atom stereocenters. The molecule has 0 spiro atoms. The van der Waals surface area contributed by atoms with E-state index in [4.69, 9.17) is 0 Å². The van der Waals surface area contributed by atoms with Crippen LogP contribution < -0.4 is 15.5 Å². The standard InChI is InChI=1S/C25H26FN5O6S/c1-27-23(33)15-2-4-17(5-3-15)38(36,37)30-10-8-29(9-11-30)21-12-16-14-31(25(35)18(16)13-19(21)26)20-6-7-22(32)28-24(20)34/h2-5,12-13,20H,6-11,14H2,1H3,(H,27,33)(H,28,32,34). The third kappa shape index (κ3) is 4.52. The van der Waals surface area contributed by atoms with Crippen LogP contribution in [0.4, 0.5) is 10.1 Å². The van der Waals surface area contributed by atoms with E-state index < -0.39 is 33.7 Å². The van der Waals surface area contributed by atoms with Gasteiger partial charge >= 0.3 is 0 Å². The third-order valence-electron chi connectivity index (χ3n) is 7.15. The van der Waals surface area contributed by atoms with Crippen LogP contribution in [0.1, 0.15) is 39.1 Å². The Bertz CT molecular complexity index is 1440. The van der Waals surface area contributed by atoms with E-state index >= 15 is 4.39 Å². The van der Waals surface area contributed by atoms with Gasteiger partial charge in [0.2, 0.25) is 21.8 Å². The van der Waals surface area contributed by atoms with Gasteiger partial charge in [0.15, 0.2) is 0 Å². The number of amides is 4. The number of anilines is 1. The summed E-state index contributed by atoms with van der Waals surface area (Å²) in [7, 11) is -2.32. The zero-order chi connectivity index (χ0) is 27.2. The van der Waals surface area contributed by atoms with Gasteiger partial charge < -0.3 is 15.1 Å². The lowest BCUT2D eigenvalue weighted by Gasteiger charge is -2.35. The van der Waals surface area contributed by atoms with Crippen molar-refractivity contribution in [2.24, 2.45) is 0 Å². The molecule has 200 valence electrons. The molecular formula is C25H26FN5O6S. The molecule has 13 heteroatoms. The molecule has 2 saturated heterocycles. The number of carbonyl (C=O) groups excluding carboxylic acids is 4. The quantitative estimate of drug-likeness (QED) is 0.523. The molecule has 1 unspecified atom stereocenters. The smallest absolute Gasteiger partial charge is 0.255 e. The minimum absolute atomic E-state index is 0.0642. The molecule has 3 aliphatic rings. The number of sulfonamides is 1. The van der Waals surface area contributed by atoms with Gasteiger partial charge in [0.25, 0.3) is 11.8 Å². The molecule has 5 rings (SSSR count). The highest BCUT2D eigenvalue weighted by Gasteiger charge is 2.40. The van der Waals surface area contributed by atoms with E-state index in [9.17, 15) is 27.6 Å². The molecule has 2 aromatic carbocycles.